The lowest BCUT2D eigenvalue weighted by molar-refractivity contribution is 0.169. The predicted molar refractivity (Wildman–Crippen MR) is 81.4 cm³/mol. The van der Waals surface area contributed by atoms with E-state index in [2.05, 4.69) is 21.8 Å². The molecule has 1 aromatic rings. The summed E-state index contributed by atoms with van der Waals surface area (Å²) >= 11 is 0. The maximum absolute atomic E-state index is 12.5. The lowest BCUT2D eigenvalue weighted by Crippen LogP contribution is -2.50. The number of sulfonamides is 1. The number of aromatic nitrogens is 2. The number of H-pyrrole nitrogens is 1. The smallest absolute Gasteiger partial charge is 0.260 e. The Morgan fingerprint density at radius 2 is 2.05 bits per heavy atom. The molecule has 120 valence electrons. The van der Waals surface area contributed by atoms with Crippen LogP contribution in [0.25, 0.3) is 0 Å². The Labute approximate surface area is 126 Å². The summed E-state index contributed by atoms with van der Waals surface area (Å²) in [5, 5.41) is 0.197. The Hall–Kier alpha value is -0.960. The Balaban J connectivity index is 1.97. The van der Waals surface area contributed by atoms with Gasteiger partial charge in [-0.15, -0.1) is 0 Å². The van der Waals surface area contributed by atoms with Gasteiger partial charge in [0, 0.05) is 39.1 Å². The van der Waals surface area contributed by atoms with Gasteiger partial charge in [0.2, 0.25) is 0 Å². The molecule has 1 atom stereocenters. The number of nitrogens with one attached hydrogen (secondary N) is 1. The van der Waals surface area contributed by atoms with E-state index in [1.54, 1.807) is 0 Å². The van der Waals surface area contributed by atoms with Crippen LogP contribution in [0.4, 0.5) is 0 Å². The number of nitrogens with zero attached hydrogens (tertiary/aromatic N) is 3. The van der Waals surface area contributed by atoms with Gasteiger partial charge in [-0.3, -0.25) is 0 Å². The van der Waals surface area contributed by atoms with Crippen LogP contribution in [0.15, 0.2) is 11.2 Å². The van der Waals surface area contributed by atoms with Crippen molar-refractivity contribution in [3.63, 3.8) is 0 Å². The second kappa shape index (κ2) is 6.87. The normalized spacial score (nSPS) is 19.8. The highest BCUT2D eigenvalue weighted by atomic mass is 32.2. The van der Waals surface area contributed by atoms with Gasteiger partial charge in [-0.1, -0.05) is 13.8 Å². The van der Waals surface area contributed by atoms with Crippen molar-refractivity contribution >= 4 is 10.0 Å². The molecule has 0 amide bonds. The fourth-order valence-electron chi connectivity index (χ4n) is 2.46. The molecule has 7 nitrogen and oxygen atoms in total. The number of imidazole rings is 1. The summed E-state index contributed by atoms with van der Waals surface area (Å²) in [5.41, 5.74) is 5.63. The first-order chi connectivity index (χ1) is 9.97. The second-order valence-electron chi connectivity index (χ2n) is 5.59. The minimum atomic E-state index is -3.44. The lowest BCUT2D eigenvalue weighted by atomic mass is 10.1. The molecule has 0 radical (unpaired) electrons. The minimum absolute atomic E-state index is 0.197. The van der Waals surface area contributed by atoms with E-state index in [-0.39, 0.29) is 5.03 Å². The number of aryl methyl sites for hydroxylation is 1. The maximum Gasteiger partial charge on any atom is 0.260 e. The monoisotopic (exact) mass is 315 g/mol. The molecule has 0 spiro atoms. The molecule has 0 aromatic carbocycles. The van der Waals surface area contributed by atoms with E-state index >= 15 is 0 Å². The Morgan fingerprint density at radius 3 is 2.57 bits per heavy atom. The van der Waals surface area contributed by atoms with Crippen LogP contribution in [0.5, 0.6) is 0 Å². The number of hydrogen-bond acceptors (Lipinski definition) is 5. The van der Waals surface area contributed by atoms with Crippen LogP contribution >= 0.6 is 0 Å². The highest BCUT2D eigenvalue weighted by molar-refractivity contribution is 7.89. The Bertz CT molecular complexity index is 549. The van der Waals surface area contributed by atoms with Crippen molar-refractivity contribution in [1.82, 2.24) is 19.2 Å². The molecular weight excluding hydrogens is 290 g/mol. The second-order valence-corrected chi connectivity index (χ2v) is 7.50. The molecule has 1 aromatic heterocycles. The average Bonchev–Trinajstić information content (AvgIpc) is 2.97. The fraction of sp³-hybridized carbons (Fsp3) is 0.769. The zero-order valence-corrected chi connectivity index (χ0v) is 13.6. The molecule has 1 aliphatic heterocycles. The summed E-state index contributed by atoms with van der Waals surface area (Å²) in [6.07, 6.45) is 2.11. The lowest BCUT2D eigenvalue weighted by Gasteiger charge is -2.34. The molecule has 1 unspecified atom stereocenters. The van der Waals surface area contributed by atoms with Crippen molar-refractivity contribution in [2.45, 2.75) is 25.3 Å². The molecule has 3 N–H and O–H groups in total. The van der Waals surface area contributed by atoms with Crippen LogP contribution in [0, 0.1) is 5.92 Å². The van der Waals surface area contributed by atoms with Crippen LogP contribution < -0.4 is 5.73 Å². The molecule has 2 rings (SSSR count). The van der Waals surface area contributed by atoms with Crippen molar-refractivity contribution in [2.75, 3.05) is 39.3 Å². The van der Waals surface area contributed by atoms with E-state index in [9.17, 15) is 8.42 Å². The zero-order valence-electron chi connectivity index (χ0n) is 12.7. The fourth-order valence-corrected chi connectivity index (χ4v) is 3.82. The van der Waals surface area contributed by atoms with Crippen LogP contribution in [0.1, 0.15) is 19.7 Å². The molecule has 21 heavy (non-hydrogen) atoms. The third-order valence-electron chi connectivity index (χ3n) is 3.86. The van der Waals surface area contributed by atoms with Crippen molar-refractivity contribution < 1.29 is 8.42 Å². The molecular formula is C13H25N5O2S. The topological polar surface area (TPSA) is 95.3 Å². The largest absolute Gasteiger partial charge is 0.332 e. The molecule has 8 heteroatoms. The zero-order chi connectivity index (χ0) is 15.5. The third-order valence-corrected chi connectivity index (χ3v) is 5.67. The van der Waals surface area contributed by atoms with Gasteiger partial charge >= 0.3 is 0 Å². The quantitative estimate of drug-likeness (QED) is 0.763. The van der Waals surface area contributed by atoms with E-state index in [1.165, 1.54) is 10.5 Å². The Kier molecular flexibility index (Phi) is 5.37. The molecule has 0 saturated carbocycles. The molecule has 2 heterocycles. The van der Waals surface area contributed by atoms with Gasteiger partial charge in [0.15, 0.2) is 5.03 Å². The summed E-state index contributed by atoms with van der Waals surface area (Å²) in [7, 11) is -3.44. The van der Waals surface area contributed by atoms with Crippen LogP contribution in [-0.2, 0) is 16.4 Å². The first-order valence-corrected chi connectivity index (χ1v) is 8.87. The van der Waals surface area contributed by atoms with Crippen LogP contribution in [0.3, 0.4) is 0 Å². The SMILES string of the molecule is CCc1ncc(S(=O)(=O)N2CCN(CC(C)CN)CC2)[nH]1. The van der Waals surface area contributed by atoms with E-state index in [0.717, 1.165) is 19.6 Å². The van der Waals surface area contributed by atoms with Gasteiger partial charge in [-0.25, -0.2) is 13.4 Å². The molecule has 0 bridgehead atoms. The van der Waals surface area contributed by atoms with Gasteiger partial charge in [0.05, 0.1) is 6.20 Å². The summed E-state index contributed by atoms with van der Waals surface area (Å²) in [5.74, 6) is 1.14. The average molecular weight is 315 g/mol. The van der Waals surface area contributed by atoms with Gasteiger partial charge in [-0.2, -0.15) is 4.31 Å². The van der Waals surface area contributed by atoms with E-state index in [0.29, 0.717) is 37.8 Å². The number of aromatic amines is 1. The third kappa shape index (κ3) is 3.82. The number of piperazine rings is 1. The molecule has 1 aliphatic rings. The van der Waals surface area contributed by atoms with Gasteiger partial charge in [-0.05, 0) is 12.5 Å². The number of rotatable bonds is 6. The van der Waals surface area contributed by atoms with Crippen molar-refractivity contribution in [3.05, 3.63) is 12.0 Å². The van der Waals surface area contributed by atoms with Crippen molar-refractivity contribution in [2.24, 2.45) is 11.7 Å². The molecule has 1 fully saturated rings. The van der Waals surface area contributed by atoms with Gasteiger partial charge in [0.1, 0.15) is 5.82 Å². The molecule has 0 aliphatic carbocycles. The van der Waals surface area contributed by atoms with Gasteiger partial charge < -0.3 is 15.6 Å². The first-order valence-electron chi connectivity index (χ1n) is 7.43. The minimum Gasteiger partial charge on any atom is -0.332 e. The van der Waals surface area contributed by atoms with Gasteiger partial charge in [0.25, 0.3) is 10.0 Å². The molecule has 1 saturated heterocycles. The Morgan fingerprint density at radius 1 is 1.38 bits per heavy atom. The van der Waals surface area contributed by atoms with Crippen LogP contribution in [-0.4, -0.2) is 66.9 Å². The van der Waals surface area contributed by atoms with Crippen molar-refractivity contribution in [3.8, 4) is 0 Å². The van der Waals surface area contributed by atoms with E-state index in [1.807, 2.05) is 6.92 Å². The summed E-state index contributed by atoms with van der Waals surface area (Å²) < 4.78 is 26.6. The first kappa shape index (κ1) is 16.4. The highest BCUT2D eigenvalue weighted by Gasteiger charge is 2.30. The van der Waals surface area contributed by atoms with Crippen molar-refractivity contribution in [1.29, 1.82) is 0 Å². The van der Waals surface area contributed by atoms with E-state index in [4.69, 9.17) is 5.73 Å². The highest BCUT2D eigenvalue weighted by Crippen LogP contribution is 2.16. The number of hydrogen-bond donors (Lipinski definition) is 2. The summed E-state index contributed by atoms with van der Waals surface area (Å²) in [6.45, 7) is 8.16. The standard InChI is InChI=1S/C13H25N5O2S/c1-3-12-15-9-13(16-12)21(19,20)18-6-4-17(5-7-18)10-11(2)8-14/h9,11H,3-8,10,14H2,1-2H3,(H,15,16). The number of nitrogens with two attached hydrogens (primary N) is 1. The van der Waals surface area contributed by atoms with Crippen LogP contribution in [0.2, 0.25) is 0 Å². The predicted octanol–water partition coefficient (Wildman–Crippen LogP) is -0.127. The van der Waals surface area contributed by atoms with E-state index < -0.39 is 10.0 Å². The summed E-state index contributed by atoms with van der Waals surface area (Å²) in [6, 6.07) is 0. The summed E-state index contributed by atoms with van der Waals surface area (Å²) in [4.78, 5) is 9.23. The maximum atomic E-state index is 12.5.